The van der Waals surface area contributed by atoms with Crippen LogP contribution in [-0.2, 0) is 4.79 Å². The van der Waals surface area contributed by atoms with Gasteiger partial charge in [0.15, 0.2) is 0 Å². The van der Waals surface area contributed by atoms with Crippen molar-refractivity contribution in [2.24, 2.45) is 5.73 Å². The highest BCUT2D eigenvalue weighted by Crippen LogP contribution is 2.35. The highest BCUT2D eigenvalue weighted by Gasteiger charge is 2.31. The van der Waals surface area contributed by atoms with Gasteiger partial charge in [-0.05, 0) is 42.3 Å². The van der Waals surface area contributed by atoms with E-state index in [0.29, 0.717) is 24.3 Å². The molecule has 1 aliphatic heterocycles. The first-order valence-corrected chi connectivity index (χ1v) is 7.46. The number of primary amides is 1. The van der Waals surface area contributed by atoms with E-state index in [2.05, 4.69) is 0 Å². The maximum atomic E-state index is 12.8. The molecular weight excluding hydrogens is 292 g/mol. The number of carbonyl (C=O) groups excluding carboxylic acids is 2. The lowest BCUT2D eigenvalue weighted by Crippen LogP contribution is -2.39. The number of benzene rings is 2. The summed E-state index contributed by atoms with van der Waals surface area (Å²) in [6.45, 7) is 0.468. The van der Waals surface area contributed by atoms with Crippen LogP contribution in [0.2, 0.25) is 0 Å². The summed E-state index contributed by atoms with van der Waals surface area (Å²) in [7, 11) is 1.58. The Balaban J connectivity index is 1.95. The second kappa shape index (κ2) is 6.12. The van der Waals surface area contributed by atoms with Gasteiger partial charge in [0.25, 0.3) is 5.91 Å². The molecule has 0 radical (unpaired) electrons. The summed E-state index contributed by atoms with van der Waals surface area (Å²) in [6.07, 6.45) is 0.536. The molecule has 3 rings (SSSR count). The largest absolute Gasteiger partial charge is 0.497 e. The number of nitrogens with two attached hydrogens (primary N) is 1. The molecule has 2 aromatic carbocycles. The van der Waals surface area contributed by atoms with Crippen molar-refractivity contribution in [2.45, 2.75) is 12.3 Å². The van der Waals surface area contributed by atoms with Crippen molar-refractivity contribution < 1.29 is 14.3 Å². The Morgan fingerprint density at radius 3 is 2.48 bits per heavy atom. The molecule has 0 aliphatic carbocycles. The molecule has 23 heavy (non-hydrogen) atoms. The maximum absolute atomic E-state index is 12.8. The first-order chi connectivity index (χ1) is 11.1. The number of para-hydroxylation sites is 1. The van der Waals surface area contributed by atoms with Crippen molar-refractivity contribution >= 4 is 17.5 Å². The number of amides is 2. The van der Waals surface area contributed by atoms with Crippen molar-refractivity contribution in [3.05, 3.63) is 59.7 Å². The fourth-order valence-corrected chi connectivity index (χ4v) is 2.96. The van der Waals surface area contributed by atoms with E-state index in [1.807, 2.05) is 24.3 Å². The van der Waals surface area contributed by atoms with Gasteiger partial charge in [-0.3, -0.25) is 9.59 Å². The van der Waals surface area contributed by atoms with Gasteiger partial charge in [0.2, 0.25) is 5.91 Å². The molecule has 0 spiro atoms. The molecule has 0 fully saturated rings. The summed E-state index contributed by atoms with van der Waals surface area (Å²) < 4.78 is 5.11. The molecule has 2 N–H and O–H groups in total. The van der Waals surface area contributed by atoms with Crippen molar-refractivity contribution in [1.29, 1.82) is 0 Å². The van der Waals surface area contributed by atoms with Gasteiger partial charge in [-0.1, -0.05) is 18.2 Å². The molecule has 118 valence electrons. The summed E-state index contributed by atoms with van der Waals surface area (Å²) in [6, 6.07) is 14.4. The molecule has 2 amide bonds. The van der Waals surface area contributed by atoms with E-state index in [-0.39, 0.29) is 17.7 Å². The lowest BCUT2D eigenvalue weighted by atomic mass is 9.89. The minimum absolute atomic E-state index is 0.0944. The highest BCUT2D eigenvalue weighted by molar-refractivity contribution is 6.07. The van der Waals surface area contributed by atoms with Crippen LogP contribution in [0.3, 0.4) is 0 Å². The van der Waals surface area contributed by atoms with Gasteiger partial charge in [0, 0.05) is 17.8 Å². The highest BCUT2D eigenvalue weighted by atomic mass is 16.5. The molecule has 0 bridgehead atoms. The quantitative estimate of drug-likeness (QED) is 0.945. The van der Waals surface area contributed by atoms with Crippen LogP contribution in [-0.4, -0.2) is 25.5 Å². The lowest BCUT2D eigenvalue weighted by Gasteiger charge is -2.33. The summed E-state index contributed by atoms with van der Waals surface area (Å²) in [5.41, 5.74) is 7.64. The van der Waals surface area contributed by atoms with Crippen molar-refractivity contribution in [3.8, 4) is 5.75 Å². The number of hydrogen-bond acceptors (Lipinski definition) is 3. The minimum Gasteiger partial charge on any atom is -0.497 e. The average molecular weight is 310 g/mol. The zero-order valence-electron chi connectivity index (χ0n) is 12.9. The number of methoxy groups -OCH3 is 1. The minimum atomic E-state index is -0.353. The molecule has 0 unspecified atom stereocenters. The second-order valence-corrected chi connectivity index (χ2v) is 5.49. The van der Waals surface area contributed by atoms with Crippen molar-refractivity contribution in [2.75, 3.05) is 18.6 Å². The normalized spacial score (nSPS) is 16.6. The van der Waals surface area contributed by atoms with Crippen LogP contribution in [0.4, 0.5) is 5.69 Å². The first-order valence-electron chi connectivity index (χ1n) is 7.46. The number of anilines is 1. The first kappa shape index (κ1) is 15.1. The molecule has 0 aromatic heterocycles. The average Bonchev–Trinajstić information content (AvgIpc) is 2.60. The molecule has 2 aromatic rings. The maximum Gasteiger partial charge on any atom is 0.258 e. The fourth-order valence-electron chi connectivity index (χ4n) is 2.96. The van der Waals surface area contributed by atoms with Gasteiger partial charge in [0.1, 0.15) is 5.75 Å². The lowest BCUT2D eigenvalue weighted by molar-refractivity contribution is -0.119. The van der Waals surface area contributed by atoms with E-state index >= 15 is 0 Å². The monoisotopic (exact) mass is 310 g/mol. The zero-order valence-corrected chi connectivity index (χ0v) is 12.9. The standard InChI is InChI=1S/C18H18N2O3/c1-23-13-8-6-12(7-9-13)18(22)20-11-10-15(17(19)21)14-4-2-3-5-16(14)20/h2-9,15H,10-11H2,1H3,(H2,19,21)/t15-/m0/s1. The van der Waals surface area contributed by atoms with E-state index in [0.717, 1.165) is 11.3 Å². The molecular formula is C18H18N2O3. The molecule has 5 heteroatoms. The van der Waals surface area contributed by atoms with Gasteiger partial charge >= 0.3 is 0 Å². The summed E-state index contributed by atoms with van der Waals surface area (Å²) in [5.74, 6) is -0.0856. The Morgan fingerprint density at radius 2 is 1.83 bits per heavy atom. The van der Waals surface area contributed by atoms with Crippen LogP contribution in [0.15, 0.2) is 48.5 Å². The Labute approximate surface area is 134 Å². The predicted octanol–water partition coefficient (Wildman–Crippen LogP) is 2.31. The number of ether oxygens (including phenoxy) is 1. The summed E-state index contributed by atoms with van der Waals surface area (Å²) in [5, 5.41) is 0. The van der Waals surface area contributed by atoms with Crippen LogP contribution < -0.4 is 15.4 Å². The van der Waals surface area contributed by atoms with Crippen LogP contribution >= 0.6 is 0 Å². The fraction of sp³-hybridized carbons (Fsp3) is 0.222. The molecule has 0 saturated carbocycles. The Morgan fingerprint density at radius 1 is 1.13 bits per heavy atom. The summed E-state index contributed by atoms with van der Waals surface area (Å²) >= 11 is 0. The van der Waals surface area contributed by atoms with E-state index in [4.69, 9.17) is 10.5 Å². The number of hydrogen-bond donors (Lipinski definition) is 1. The van der Waals surface area contributed by atoms with Crippen molar-refractivity contribution in [3.63, 3.8) is 0 Å². The molecule has 0 saturated heterocycles. The van der Waals surface area contributed by atoms with E-state index < -0.39 is 0 Å². The van der Waals surface area contributed by atoms with Gasteiger partial charge in [-0.25, -0.2) is 0 Å². The van der Waals surface area contributed by atoms with Gasteiger partial charge in [0.05, 0.1) is 13.0 Å². The van der Waals surface area contributed by atoms with Gasteiger partial charge in [-0.2, -0.15) is 0 Å². The molecule has 5 nitrogen and oxygen atoms in total. The van der Waals surface area contributed by atoms with Crippen LogP contribution in [0, 0.1) is 0 Å². The molecule has 1 heterocycles. The predicted molar refractivity (Wildman–Crippen MR) is 87.7 cm³/mol. The third-order valence-electron chi connectivity index (χ3n) is 4.17. The zero-order chi connectivity index (χ0) is 16.4. The molecule has 1 atom stereocenters. The Kier molecular flexibility index (Phi) is 4.02. The van der Waals surface area contributed by atoms with E-state index in [9.17, 15) is 9.59 Å². The molecule has 1 aliphatic rings. The van der Waals surface area contributed by atoms with Gasteiger partial charge < -0.3 is 15.4 Å². The number of carbonyl (C=O) groups is 2. The SMILES string of the molecule is COc1ccc(C(=O)N2CC[C@H](C(N)=O)c3ccccc32)cc1. The van der Waals surface area contributed by atoms with Gasteiger partial charge in [-0.15, -0.1) is 0 Å². The van der Waals surface area contributed by atoms with E-state index in [1.165, 1.54) is 0 Å². The van der Waals surface area contributed by atoms with Crippen LogP contribution in [0.1, 0.15) is 28.3 Å². The second-order valence-electron chi connectivity index (χ2n) is 5.49. The summed E-state index contributed by atoms with van der Waals surface area (Å²) in [4.78, 5) is 26.2. The number of rotatable bonds is 3. The number of nitrogens with zero attached hydrogens (tertiary/aromatic N) is 1. The van der Waals surface area contributed by atoms with Crippen LogP contribution in [0.5, 0.6) is 5.75 Å². The van der Waals surface area contributed by atoms with Crippen LogP contribution in [0.25, 0.3) is 0 Å². The smallest absolute Gasteiger partial charge is 0.258 e. The topological polar surface area (TPSA) is 72.6 Å². The third kappa shape index (κ3) is 2.77. The number of fused-ring (bicyclic) bond motifs is 1. The Bertz CT molecular complexity index is 740. The van der Waals surface area contributed by atoms with Crippen molar-refractivity contribution in [1.82, 2.24) is 0 Å². The Hall–Kier alpha value is -2.82. The van der Waals surface area contributed by atoms with E-state index in [1.54, 1.807) is 36.3 Å². The third-order valence-corrected chi connectivity index (χ3v) is 4.17.